The fraction of sp³-hybridized carbons (Fsp3) is 0.0909. The molecule has 0 bridgehead atoms. The zero-order chi connectivity index (χ0) is 11.3. The average Bonchev–Trinajstić information content (AvgIpc) is 2.27. The van der Waals surface area contributed by atoms with Crippen molar-refractivity contribution in [1.82, 2.24) is 0 Å². The van der Waals surface area contributed by atoms with Gasteiger partial charge in [-0.3, -0.25) is 4.79 Å². The fourth-order valence-electron chi connectivity index (χ4n) is 1.00. The van der Waals surface area contributed by atoms with Crippen LogP contribution in [0.25, 0.3) is 0 Å². The number of benzene rings is 1. The Hall–Kier alpha value is -2.10. The highest BCUT2D eigenvalue weighted by Crippen LogP contribution is 2.16. The second-order valence-electron chi connectivity index (χ2n) is 2.82. The van der Waals surface area contributed by atoms with Gasteiger partial charge in [-0.2, -0.15) is 0 Å². The summed E-state index contributed by atoms with van der Waals surface area (Å²) >= 11 is 0. The Morgan fingerprint density at radius 1 is 1.53 bits per heavy atom. The normalized spacial score (nSPS) is 9.33. The summed E-state index contributed by atoms with van der Waals surface area (Å²) in [5.41, 5.74) is 0.798. The smallest absolute Gasteiger partial charge is 0.330 e. The highest BCUT2D eigenvalue weighted by molar-refractivity contribution is 5.81. The first-order valence-electron chi connectivity index (χ1n) is 4.23. The van der Waals surface area contributed by atoms with Gasteiger partial charge in [0, 0.05) is 6.08 Å². The lowest BCUT2D eigenvalue weighted by molar-refractivity contribution is -0.138. The molecule has 0 radical (unpaired) electrons. The molecule has 0 amide bonds. The van der Waals surface area contributed by atoms with Gasteiger partial charge in [-0.25, -0.2) is 4.79 Å². The monoisotopic (exact) mass is 206 g/mol. The number of hydrogen-bond acceptors (Lipinski definition) is 4. The standard InChI is InChI=1S/C11H10O4/c1-2-11(14)15-7-8-3-4-10(13)9(5-8)6-12/h2-6,13H,1,7H2. The molecule has 1 aromatic carbocycles. The van der Waals surface area contributed by atoms with Crippen molar-refractivity contribution in [3.63, 3.8) is 0 Å². The molecule has 0 saturated heterocycles. The third-order valence-corrected chi connectivity index (χ3v) is 1.77. The number of phenolic OH excluding ortho intramolecular Hbond substituents is 1. The van der Waals surface area contributed by atoms with Gasteiger partial charge in [0.15, 0.2) is 6.29 Å². The third kappa shape index (κ3) is 2.95. The Kier molecular flexibility index (Phi) is 3.62. The van der Waals surface area contributed by atoms with Crippen molar-refractivity contribution in [2.24, 2.45) is 0 Å². The molecule has 78 valence electrons. The molecule has 0 aliphatic heterocycles. The second kappa shape index (κ2) is 4.95. The predicted octanol–water partition coefficient (Wildman–Crippen LogP) is 1.43. The van der Waals surface area contributed by atoms with Gasteiger partial charge in [-0.1, -0.05) is 12.6 Å². The van der Waals surface area contributed by atoms with Gasteiger partial charge in [0.1, 0.15) is 12.4 Å². The van der Waals surface area contributed by atoms with Gasteiger partial charge >= 0.3 is 5.97 Å². The molecule has 0 spiro atoms. The van der Waals surface area contributed by atoms with Crippen molar-refractivity contribution in [3.05, 3.63) is 42.0 Å². The van der Waals surface area contributed by atoms with Crippen LogP contribution in [0.2, 0.25) is 0 Å². The zero-order valence-corrected chi connectivity index (χ0v) is 7.97. The summed E-state index contributed by atoms with van der Waals surface area (Å²) in [5.74, 6) is -0.625. The molecule has 15 heavy (non-hydrogen) atoms. The van der Waals surface area contributed by atoms with Crippen molar-refractivity contribution < 1.29 is 19.4 Å². The minimum atomic E-state index is -0.532. The predicted molar refractivity (Wildman–Crippen MR) is 53.5 cm³/mol. The van der Waals surface area contributed by atoms with Gasteiger partial charge < -0.3 is 9.84 Å². The van der Waals surface area contributed by atoms with Crippen LogP contribution in [0.4, 0.5) is 0 Å². The van der Waals surface area contributed by atoms with Crippen molar-refractivity contribution in [2.45, 2.75) is 6.61 Å². The molecule has 0 aliphatic rings. The van der Waals surface area contributed by atoms with Crippen LogP contribution in [0.3, 0.4) is 0 Å². The van der Waals surface area contributed by atoms with Gasteiger partial charge in [0.2, 0.25) is 0 Å². The molecule has 1 N–H and O–H groups in total. The van der Waals surface area contributed by atoms with Crippen LogP contribution in [-0.2, 0) is 16.1 Å². The topological polar surface area (TPSA) is 63.6 Å². The maximum Gasteiger partial charge on any atom is 0.330 e. The van der Waals surface area contributed by atoms with E-state index in [1.54, 1.807) is 6.07 Å². The van der Waals surface area contributed by atoms with E-state index < -0.39 is 5.97 Å². The SMILES string of the molecule is C=CC(=O)OCc1ccc(O)c(C=O)c1. The summed E-state index contributed by atoms with van der Waals surface area (Å²) in [4.78, 5) is 21.2. The number of ether oxygens (including phenoxy) is 1. The van der Waals surface area contributed by atoms with E-state index in [9.17, 15) is 14.7 Å². The van der Waals surface area contributed by atoms with Crippen molar-refractivity contribution in [3.8, 4) is 5.75 Å². The molecule has 0 heterocycles. The third-order valence-electron chi connectivity index (χ3n) is 1.77. The highest BCUT2D eigenvalue weighted by atomic mass is 16.5. The van der Waals surface area contributed by atoms with E-state index >= 15 is 0 Å². The maximum atomic E-state index is 10.7. The van der Waals surface area contributed by atoms with E-state index in [-0.39, 0.29) is 17.9 Å². The number of esters is 1. The van der Waals surface area contributed by atoms with Gasteiger partial charge in [0.25, 0.3) is 0 Å². The summed E-state index contributed by atoms with van der Waals surface area (Å²) in [5, 5.41) is 9.20. The summed E-state index contributed by atoms with van der Waals surface area (Å²) < 4.78 is 4.76. The molecule has 0 aromatic heterocycles. The minimum absolute atomic E-state index is 0.0476. The van der Waals surface area contributed by atoms with Gasteiger partial charge in [-0.05, 0) is 17.7 Å². The number of aromatic hydroxyl groups is 1. The lowest BCUT2D eigenvalue weighted by atomic mass is 10.1. The van der Waals surface area contributed by atoms with Crippen LogP contribution in [0.1, 0.15) is 15.9 Å². The number of hydrogen-bond donors (Lipinski definition) is 1. The maximum absolute atomic E-state index is 10.7. The average molecular weight is 206 g/mol. The number of rotatable bonds is 4. The fourth-order valence-corrected chi connectivity index (χ4v) is 1.00. The number of carbonyl (C=O) groups is 2. The number of carbonyl (C=O) groups excluding carboxylic acids is 2. The highest BCUT2D eigenvalue weighted by Gasteiger charge is 2.03. The Morgan fingerprint density at radius 2 is 2.27 bits per heavy atom. The van der Waals surface area contributed by atoms with E-state index in [2.05, 4.69) is 6.58 Å². The molecule has 0 aliphatic carbocycles. The largest absolute Gasteiger partial charge is 0.507 e. The number of aldehydes is 1. The van der Waals surface area contributed by atoms with Gasteiger partial charge in [-0.15, -0.1) is 0 Å². The lowest BCUT2D eigenvalue weighted by Gasteiger charge is -2.03. The molecule has 4 heteroatoms. The van der Waals surface area contributed by atoms with Crippen LogP contribution in [0.5, 0.6) is 5.75 Å². The first-order chi connectivity index (χ1) is 7.17. The summed E-state index contributed by atoms with van der Waals surface area (Å²) in [6, 6.07) is 4.40. The van der Waals surface area contributed by atoms with E-state index in [1.165, 1.54) is 12.1 Å². The molecule has 0 saturated carbocycles. The quantitative estimate of drug-likeness (QED) is 0.460. The van der Waals surface area contributed by atoms with E-state index in [4.69, 9.17) is 4.74 Å². The van der Waals surface area contributed by atoms with Crippen LogP contribution in [0, 0.1) is 0 Å². The Morgan fingerprint density at radius 3 is 2.87 bits per heavy atom. The van der Waals surface area contributed by atoms with Crippen molar-refractivity contribution >= 4 is 12.3 Å². The minimum Gasteiger partial charge on any atom is -0.507 e. The zero-order valence-electron chi connectivity index (χ0n) is 7.97. The lowest BCUT2D eigenvalue weighted by Crippen LogP contribution is -2.00. The summed E-state index contributed by atoms with van der Waals surface area (Å²) in [6.07, 6.45) is 1.59. The summed E-state index contributed by atoms with van der Waals surface area (Å²) in [6.45, 7) is 3.30. The molecule has 4 nitrogen and oxygen atoms in total. The number of phenols is 1. The summed E-state index contributed by atoms with van der Waals surface area (Å²) in [7, 11) is 0. The second-order valence-corrected chi connectivity index (χ2v) is 2.82. The molecular formula is C11H10O4. The molecule has 1 aromatic rings. The molecule has 0 unspecified atom stereocenters. The Bertz CT molecular complexity index is 396. The van der Waals surface area contributed by atoms with Crippen LogP contribution < -0.4 is 0 Å². The van der Waals surface area contributed by atoms with Crippen molar-refractivity contribution in [2.75, 3.05) is 0 Å². The van der Waals surface area contributed by atoms with E-state index in [1.807, 2.05) is 0 Å². The van der Waals surface area contributed by atoms with E-state index in [0.717, 1.165) is 6.08 Å². The molecule has 0 fully saturated rings. The van der Waals surface area contributed by atoms with Crippen molar-refractivity contribution in [1.29, 1.82) is 0 Å². The van der Waals surface area contributed by atoms with E-state index in [0.29, 0.717) is 11.8 Å². The van der Waals surface area contributed by atoms with Gasteiger partial charge in [0.05, 0.1) is 5.56 Å². The first-order valence-corrected chi connectivity index (χ1v) is 4.23. The van der Waals surface area contributed by atoms with Crippen LogP contribution >= 0.6 is 0 Å². The molecule has 0 atom stereocenters. The Labute approximate surface area is 86.8 Å². The van der Waals surface area contributed by atoms with Crippen LogP contribution in [0.15, 0.2) is 30.9 Å². The Balaban J connectivity index is 2.74. The molecule has 1 rings (SSSR count). The first kappa shape index (κ1) is 11.0. The molecular weight excluding hydrogens is 196 g/mol. The van der Waals surface area contributed by atoms with Crippen LogP contribution in [-0.4, -0.2) is 17.4 Å².